The minimum atomic E-state index is -0.429. The van der Waals surface area contributed by atoms with Gasteiger partial charge in [0.15, 0.2) is 0 Å². The highest BCUT2D eigenvalue weighted by Crippen LogP contribution is 2.04. The smallest absolute Gasteiger partial charge is 0.407 e. The molecule has 0 saturated carbocycles. The van der Waals surface area contributed by atoms with Gasteiger partial charge in [-0.25, -0.2) is 4.79 Å². The fraction of sp³-hybridized carbons (Fsp3) is 0.417. The van der Waals surface area contributed by atoms with Crippen molar-refractivity contribution in [3.05, 3.63) is 37.1 Å². The molecule has 0 spiro atoms. The first kappa shape index (κ1) is 14.3. The summed E-state index contributed by atoms with van der Waals surface area (Å²) in [6.45, 7) is 7.59. The average Bonchev–Trinajstić information content (AvgIpc) is 2.26. The number of allylic oxidation sites excluding steroid dienone is 2. The summed E-state index contributed by atoms with van der Waals surface area (Å²) in [5.74, 6) is 0.201. The molecule has 0 aliphatic carbocycles. The molecule has 0 rings (SSSR count). The number of alkyl carbamates (subject to hydrolysis) is 1. The molecule has 90 valence electrons. The molecule has 0 aromatic rings. The number of nitrogens with one attached hydrogen (secondary N) is 1. The van der Waals surface area contributed by atoms with Crippen LogP contribution < -0.4 is 11.1 Å². The fourth-order valence-electron chi connectivity index (χ4n) is 0.964. The van der Waals surface area contributed by atoms with E-state index in [1.165, 1.54) is 12.3 Å². The van der Waals surface area contributed by atoms with Crippen molar-refractivity contribution in [3.8, 4) is 0 Å². The minimum absolute atomic E-state index is 0.000241. The Balaban J connectivity index is 3.98. The lowest BCUT2D eigenvalue weighted by atomic mass is 10.0. The first-order valence-electron chi connectivity index (χ1n) is 5.21. The lowest BCUT2D eigenvalue weighted by Crippen LogP contribution is -2.36. The monoisotopic (exact) mass is 224 g/mol. The van der Waals surface area contributed by atoms with Gasteiger partial charge < -0.3 is 15.8 Å². The van der Waals surface area contributed by atoms with Crippen LogP contribution in [0.15, 0.2) is 37.1 Å². The number of hydrogen-bond acceptors (Lipinski definition) is 3. The van der Waals surface area contributed by atoms with Crippen LogP contribution in [-0.2, 0) is 4.74 Å². The Labute approximate surface area is 96.8 Å². The second kappa shape index (κ2) is 8.59. The quantitative estimate of drug-likeness (QED) is 0.535. The van der Waals surface area contributed by atoms with E-state index in [1.54, 1.807) is 6.08 Å². The van der Waals surface area contributed by atoms with E-state index in [2.05, 4.69) is 11.9 Å². The third-order valence-corrected chi connectivity index (χ3v) is 2.10. The molecular weight excluding hydrogens is 204 g/mol. The van der Waals surface area contributed by atoms with E-state index < -0.39 is 6.09 Å². The highest BCUT2D eigenvalue weighted by Gasteiger charge is 2.12. The van der Waals surface area contributed by atoms with Crippen LogP contribution in [0.25, 0.3) is 0 Å². The van der Waals surface area contributed by atoms with E-state index in [4.69, 9.17) is 10.5 Å². The van der Waals surface area contributed by atoms with Gasteiger partial charge in [0.05, 0.1) is 0 Å². The number of nitrogens with two attached hydrogens (primary N) is 1. The Morgan fingerprint density at radius 3 is 2.75 bits per heavy atom. The van der Waals surface area contributed by atoms with E-state index in [9.17, 15) is 4.79 Å². The fourth-order valence-corrected chi connectivity index (χ4v) is 0.964. The molecule has 0 aromatic carbocycles. The Morgan fingerprint density at radius 1 is 1.50 bits per heavy atom. The summed E-state index contributed by atoms with van der Waals surface area (Å²) in [7, 11) is 0. The third kappa shape index (κ3) is 6.70. The number of carbonyl (C=O) groups excluding carboxylic acids is 1. The normalized spacial score (nSPS) is 14.9. The minimum Gasteiger partial charge on any atom is -0.445 e. The van der Waals surface area contributed by atoms with E-state index >= 15 is 0 Å². The molecular formula is C12H20N2O2. The number of hydrogen-bond donors (Lipinski definition) is 2. The standard InChI is InChI=1S/C12H20N2O2/c1-4-9-16-12(15)14-11(3)10(2)7-5-6-8-13/h4-8,10-11H,1,9,13H2,2-3H3,(H,14,15)/b7-5-,8-6+. The Hall–Kier alpha value is -1.71. The highest BCUT2D eigenvalue weighted by atomic mass is 16.5. The summed E-state index contributed by atoms with van der Waals surface area (Å²) < 4.78 is 4.81. The van der Waals surface area contributed by atoms with Crippen molar-refractivity contribution in [2.24, 2.45) is 11.7 Å². The second-order valence-corrected chi connectivity index (χ2v) is 3.45. The number of amides is 1. The molecule has 0 aliphatic heterocycles. The van der Waals surface area contributed by atoms with E-state index in [1.807, 2.05) is 26.0 Å². The molecule has 1 amide bonds. The van der Waals surface area contributed by atoms with Gasteiger partial charge in [0, 0.05) is 6.04 Å². The van der Waals surface area contributed by atoms with Crippen molar-refractivity contribution in [3.63, 3.8) is 0 Å². The summed E-state index contributed by atoms with van der Waals surface area (Å²) >= 11 is 0. The predicted molar refractivity (Wildman–Crippen MR) is 65.8 cm³/mol. The van der Waals surface area contributed by atoms with Crippen LogP contribution >= 0.6 is 0 Å². The van der Waals surface area contributed by atoms with Crippen molar-refractivity contribution in [1.29, 1.82) is 0 Å². The molecule has 3 N–H and O–H groups in total. The van der Waals surface area contributed by atoms with Crippen LogP contribution in [0.3, 0.4) is 0 Å². The summed E-state index contributed by atoms with van der Waals surface area (Å²) in [5.41, 5.74) is 5.20. The highest BCUT2D eigenvalue weighted by molar-refractivity contribution is 5.67. The van der Waals surface area contributed by atoms with Crippen LogP contribution in [0.2, 0.25) is 0 Å². The summed E-state index contributed by atoms with van der Waals surface area (Å²) in [6.07, 6.45) is 8.10. The summed E-state index contributed by atoms with van der Waals surface area (Å²) in [4.78, 5) is 11.2. The second-order valence-electron chi connectivity index (χ2n) is 3.45. The maximum Gasteiger partial charge on any atom is 0.407 e. The molecule has 2 unspecified atom stereocenters. The van der Waals surface area contributed by atoms with Gasteiger partial charge in [-0.3, -0.25) is 0 Å². The van der Waals surface area contributed by atoms with Crippen molar-refractivity contribution in [1.82, 2.24) is 5.32 Å². The van der Waals surface area contributed by atoms with Crippen LogP contribution in [0.5, 0.6) is 0 Å². The number of ether oxygens (including phenoxy) is 1. The van der Waals surface area contributed by atoms with E-state index in [-0.39, 0.29) is 18.6 Å². The van der Waals surface area contributed by atoms with Crippen molar-refractivity contribution >= 4 is 6.09 Å². The number of rotatable bonds is 6. The third-order valence-electron chi connectivity index (χ3n) is 2.10. The maximum atomic E-state index is 11.2. The van der Waals surface area contributed by atoms with Crippen molar-refractivity contribution in [2.45, 2.75) is 19.9 Å². The van der Waals surface area contributed by atoms with Crippen molar-refractivity contribution in [2.75, 3.05) is 6.61 Å². The molecule has 0 bridgehead atoms. The topological polar surface area (TPSA) is 64.3 Å². The van der Waals surface area contributed by atoms with Gasteiger partial charge in [0.1, 0.15) is 6.61 Å². The zero-order chi connectivity index (χ0) is 12.4. The van der Waals surface area contributed by atoms with Gasteiger partial charge in [0.2, 0.25) is 0 Å². The molecule has 2 atom stereocenters. The van der Waals surface area contributed by atoms with Crippen LogP contribution in [-0.4, -0.2) is 18.7 Å². The molecule has 4 heteroatoms. The molecule has 0 fully saturated rings. The van der Waals surface area contributed by atoms with Gasteiger partial charge in [0.25, 0.3) is 0 Å². The molecule has 0 radical (unpaired) electrons. The van der Waals surface area contributed by atoms with Gasteiger partial charge in [-0.15, -0.1) is 0 Å². The maximum absolute atomic E-state index is 11.2. The molecule has 16 heavy (non-hydrogen) atoms. The van der Waals surface area contributed by atoms with Gasteiger partial charge in [-0.1, -0.05) is 31.7 Å². The van der Waals surface area contributed by atoms with Crippen molar-refractivity contribution < 1.29 is 9.53 Å². The van der Waals surface area contributed by atoms with Crippen LogP contribution in [0, 0.1) is 5.92 Å². The lowest BCUT2D eigenvalue weighted by Gasteiger charge is -2.17. The van der Waals surface area contributed by atoms with Gasteiger partial charge in [-0.2, -0.15) is 0 Å². The largest absolute Gasteiger partial charge is 0.445 e. The van der Waals surface area contributed by atoms with Gasteiger partial charge in [-0.05, 0) is 25.1 Å². The SMILES string of the molecule is C=CCOC(=O)NC(C)C(C)/C=C\C=C\N. The Bertz CT molecular complexity index is 272. The van der Waals surface area contributed by atoms with Crippen LogP contribution in [0.4, 0.5) is 4.79 Å². The lowest BCUT2D eigenvalue weighted by molar-refractivity contribution is 0.153. The van der Waals surface area contributed by atoms with E-state index in [0.717, 1.165) is 0 Å². The zero-order valence-corrected chi connectivity index (χ0v) is 9.85. The van der Waals surface area contributed by atoms with E-state index in [0.29, 0.717) is 0 Å². The van der Waals surface area contributed by atoms with Crippen LogP contribution in [0.1, 0.15) is 13.8 Å². The Kier molecular flexibility index (Phi) is 7.67. The zero-order valence-electron chi connectivity index (χ0n) is 9.85. The summed E-state index contributed by atoms with van der Waals surface area (Å²) in [6, 6.07) is -0.000241. The first-order valence-corrected chi connectivity index (χ1v) is 5.21. The molecule has 0 aromatic heterocycles. The average molecular weight is 224 g/mol. The summed E-state index contributed by atoms with van der Waals surface area (Å²) in [5, 5.41) is 2.73. The molecule has 0 heterocycles. The molecule has 4 nitrogen and oxygen atoms in total. The Morgan fingerprint density at radius 2 is 2.19 bits per heavy atom. The molecule has 0 saturated heterocycles. The van der Waals surface area contributed by atoms with Gasteiger partial charge >= 0.3 is 6.09 Å². The number of carbonyl (C=O) groups is 1. The molecule has 0 aliphatic rings. The predicted octanol–water partition coefficient (Wildman–Crippen LogP) is 1.95. The first-order chi connectivity index (χ1) is 7.61.